The van der Waals surface area contributed by atoms with Crippen molar-refractivity contribution in [1.82, 2.24) is 0 Å². The second-order valence-electron chi connectivity index (χ2n) is 7.84. The highest BCUT2D eigenvalue weighted by atomic mass is 16.4. The molecule has 4 N–H and O–H groups in total. The van der Waals surface area contributed by atoms with Crippen LogP contribution >= 0.6 is 0 Å². The lowest BCUT2D eigenvalue weighted by atomic mass is 9.39. The Morgan fingerprint density at radius 3 is 2.23 bits per heavy atom. The molecule has 0 heterocycles. The van der Waals surface area contributed by atoms with Crippen LogP contribution in [0.2, 0.25) is 0 Å². The van der Waals surface area contributed by atoms with Crippen molar-refractivity contribution >= 4 is 11.9 Å². The summed E-state index contributed by atoms with van der Waals surface area (Å²) >= 11 is 0. The van der Waals surface area contributed by atoms with Crippen LogP contribution in [0.3, 0.4) is 0 Å². The van der Waals surface area contributed by atoms with Crippen molar-refractivity contribution in [2.75, 3.05) is 6.54 Å². The predicted molar refractivity (Wildman–Crippen MR) is 83.2 cm³/mol. The zero-order valence-corrected chi connectivity index (χ0v) is 13.8. The Balaban J connectivity index is 2.63. The molecule has 22 heavy (non-hydrogen) atoms. The van der Waals surface area contributed by atoms with Gasteiger partial charge in [-0.1, -0.05) is 39.3 Å². The topological polar surface area (TPSA) is 101 Å². The average Bonchev–Trinajstić information content (AvgIpc) is 2.71. The van der Waals surface area contributed by atoms with Gasteiger partial charge in [0.2, 0.25) is 0 Å². The Morgan fingerprint density at radius 1 is 1.32 bits per heavy atom. The van der Waals surface area contributed by atoms with Gasteiger partial charge in [0.25, 0.3) is 0 Å². The maximum atomic E-state index is 12.2. The van der Waals surface area contributed by atoms with Crippen molar-refractivity contribution in [3.8, 4) is 0 Å². The Hall–Kier alpha value is -1.36. The first kappa shape index (κ1) is 17.0. The van der Waals surface area contributed by atoms with E-state index in [1.54, 1.807) is 20.8 Å². The predicted octanol–water partition coefficient (Wildman–Crippen LogP) is 2.51. The summed E-state index contributed by atoms with van der Waals surface area (Å²) in [7, 11) is 0. The summed E-state index contributed by atoms with van der Waals surface area (Å²) in [6.45, 7) is 7.24. The summed E-state index contributed by atoms with van der Waals surface area (Å²) < 4.78 is 0. The summed E-state index contributed by atoms with van der Waals surface area (Å²) in [5.41, 5.74) is 3.59. The van der Waals surface area contributed by atoms with E-state index in [1.165, 1.54) is 5.57 Å². The van der Waals surface area contributed by atoms with Crippen LogP contribution in [-0.4, -0.2) is 28.7 Å². The van der Waals surface area contributed by atoms with Gasteiger partial charge in [0.05, 0.1) is 0 Å². The van der Waals surface area contributed by atoms with E-state index in [4.69, 9.17) is 5.73 Å². The highest BCUT2D eigenvalue weighted by Gasteiger charge is 2.74. The van der Waals surface area contributed by atoms with E-state index >= 15 is 0 Å². The second-order valence-corrected chi connectivity index (χ2v) is 7.84. The van der Waals surface area contributed by atoms with E-state index in [2.05, 4.69) is 13.0 Å². The molecule has 124 valence electrons. The quantitative estimate of drug-likeness (QED) is 0.535. The zero-order valence-electron chi connectivity index (χ0n) is 13.8. The minimum absolute atomic E-state index is 0.0427. The molecule has 2 aliphatic carbocycles. The van der Waals surface area contributed by atoms with Gasteiger partial charge in [-0.05, 0) is 36.5 Å². The van der Waals surface area contributed by atoms with Gasteiger partial charge in [-0.25, -0.2) is 0 Å². The molecule has 1 saturated carbocycles. The molecule has 2 aliphatic rings. The van der Waals surface area contributed by atoms with Crippen molar-refractivity contribution in [2.24, 2.45) is 33.8 Å². The van der Waals surface area contributed by atoms with Gasteiger partial charge in [-0.15, -0.1) is 0 Å². The molecule has 0 unspecified atom stereocenters. The van der Waals surface area contributed by atoms with Crippen LogP contribution in [0.1, 0.15) is 47.0 Å². The molecular weight excluding hydrogens is 282 g/mol. The highest BCUT2D eigenvalue weighted by molar-refractivity contribution is 6.00. The van der Waals surface area contributed by atoms with Gasteiger partial charge in [-0.2, -0.15) is 0 Å². The zero-order chi connectivity index (χ0) is 16.9. The lowest BCUT2D eigenvalue weighted by molar-refractivity contribution is -0.211. The molecule has 0 amide bonds. The number of hydrogen-bond acceptors (Lipinski definition) is 3. The largest absolute Gasteiger partial charge is 0.480 e. The van der Waals surface area contributed by atoms with E-state index < -0.39 is 28.2 Å². The molecule has 5 heteroatoms. The summed E-state index contributed by atoms with van der Waals surface area (Å²) in [6, 6.07) is 0. The molecule has 0 saturated heterocycles. The molecular formula is C17H27NO4. The minimum atomic E-state index is -1.88. The van der Waals surface area contributed by atoms with E-state index in [0.717, 1.165) is 12.8 Å². The third kappa shape index (κ3) is 1.81. The molecule has 0 spiro atoms. The van der Waals surface area contributed by atoms with Gasteiger partial charge in [0.1, 0.15) is 0 Å². The monoisotopic (exact) mass is 309 g/mol. The number of carbonyl (C=O) groups is 2. The second kappa shape index (κ2) is 5.08. The molecule has 0 aromatic heterocycles. The minimum Gasteiger partial charge on any atom is -0.480 e. The molecule has 2 rings (SSSR count). The van der Waals surface area contributed by atoms with E-state index in [0.29, 0.717) is 12.3 Å². The van der Waals surface area contributed by atoms with Crippen LogP contribution in [0, 0.1) is 28.1 Å². The SMILES string of the molecule is CCC1=C[C@@H]2[C@H](C1)C[C@@]2(CN)C(C(=O)O)(C(=O)O)C(C)(C)C. The Morgan fingerprint density at radius 2 is 1.86 bits per heavy atom. The molecule has 3 atom stereocenters. The number of nitrogens with two attached hydrogens (primary N) is 1. The fraction of sp³-hybridized carbons (Fsp3) is 0.765. The van der Waals surface area contributed by atoms with Gasteiger partial charge >= 0.3 is 11.9 Å². The standard InChI is InChI=1S/C17H27NO4/c1-5-10-6-11-8-16(9-18,12(11)7-10)17(13(19)20,14(21)22)15(2,3)4/h7,11-12H,5-6,8-9,18H2,1-4H3,(H,19,20)(H,21,22)/t11-,12-,16+/m1/s1. The third-order valence-corrected chi connectivity index (χ3v) is 6.04. The summed E-state index contributed by atoms with van der Waals surface area (Å²) in [5, 5.41) is 19.9. The van der Waals surface area contributed by atoms with Crippen molar-refractivity contribution < 1.29 is 19.8 Å². The molecule has 0 aromatic rings. The summed E-state index contributed by atoms with van der Waals surface area (Å²) in [6.07, 6.45) is 4.55. The number of allylic oxidation sites excluding steroid dienone is 2. The molecule has 5 nitrogen and oxygen atoms in total. The van der Waals surface area contributed by atoms with E-state index in [1.807, 2.05) is 0 Å². The lowest BCUT2D eigenvalue weighted by Crippen LogP contribution is -2.70. The number of fused-ring (bicyclic) bond motifs is 1. The first-order chi connectivity index (χ1) is 10.1. The Kier molecular flexibility index (Phi) is 3.93. The Bertz CT molecular complexity index is 517. The lowest BCUT2D eigenvalue weighted by Gasteiger charge is -2.62. The van der Waals surface area contributed by atoms with Gasteiger partial charge in [-0.3, -0.25) is 9.59 Å². The molecule has 0 radical (unpaired) electrons. The molecule has 1 fully saturated rings. The highest BCUT2D eigenvalue weighted by Crippen LogP contribution is 2.69. The summed E-state index contributed by atoms with van der Waals surface area (Å²) in [5.74, 6) is -2.23. The van der Waals surface area contributed by atoms with Crippen molar-refractivity contribution in [3.63, 3.8) is 0 Å². The summed E-state index contributed by atoms with van der Waals surface area (Å²) in [4.78, 5) is 24.4. The van der Waals surface area contributed by atoms with Gasteiger partial charge < -0.3 is 15.9 Å². The fourth-order valence-electron chi connectivity index (χ4n) is 5.12. The maximum absolute atomic E-state index is 12.2. The van der Waals surface area contributed by atoms with Crippen LogP contribution in [0.5, 0.6) is 0 Å². The molecule has 0 aliphatic heterocycles. The molecule has 0 bridgehead atoms. The van der Waals surface area contributed by atoms with Crippen LogP contribution in [-0.2, 0) is 9.59 Å². The van der Waals surface area contributed by atoms with E-state index in [-0.39, 0.29) is 12.5 Å². The fourth-order valence-corrected chi connectivity index (χ4v) is 5.12. The van der Waals surface area contributed by atoms with Gasteiger partial charge in [0.15, 0.2) is 5.41 Å². The third-order valence-electron chi connectivity index (χ3n) is 6.04. The normalized spacial score (nSPS) is 31.2. The number of aliphatic carboxylic acids is 2. The molecule has 0 aromatic carbocycles. The van der Waals surface area contributed by atoms with E-state index in [9.17, 15) is 19.8 Å². The number of carboxylic acid groups (broad SMARTS) is 2. The maximum Gasteiger partial charge on any atom is 0.322 e. The Labute approximate surface area is 131 Å². The van der Waals surface area contributed by atoms with Crippen LogP contribution in [0.15, 0.2) is 11.6 Å². The first-order valence-electron chi connectivity index (χ1n) is 7.95. The van der Waals surface area contributed by atoms with Crippen LogP contribution in [0.4, 0.5) is 0 Å². The van der Waals surface area contributed by atoms with Crippen molar-refractivity contribution in [1.29, 1.82) is 0 Å². The number of hydrogen-bond donors (Lipinski definition) is 3. The van der Waals surface area contributed by atoms with Crippen molar-refractivity contribution in [2.45, 2.75) is 47.0 Å². The van der Waals surface area contributed by atoms with Crippen LogP contribution < -0.4 is 5.73 Å². The number of rotatable bonds is 5. The number of carboxylic acids is 2. The average molecular weight is 309 g/mol. The smallest absolute Gasteiger partial charge is 0.322 e. The van der Waals surface area contributed by atoms with Gasteiger partial charge in [0, 0.05) is 12.0 Å². The van der Waals surface area contributed by atoms with Crippen molar-refractivity contribution in [3.05, 3.63) is 11.6 Å². The van der Waals surface area contributed by atoms with Crippen LogP contribution in [0.25, 0.3) is 0 Å². The first-order valence-corrected chi connectivity index (χ1v) is 7.95.